The van der Waals surface area contributed by atoms with Crippen molar-refractivity contribution in [1.29, 1.82) is 0 Å². The number of carbonyl (C=O) groups excluding carboxylic acids is 1. The maximum atomic E-state index is 12.7. The smallest absolute Gasteiger partial charge is 0.420 e. The zero-order valence-electron chi connectivity index (χ0n) is 13.5. The lowest BCUT2D eigenvalue weighted by atomic mass is 10.2. The number of nitrogens with zero attached hydrogens (tertiary/aromatic N) is 4. The lowest BCUT2D eigenvalue weighted by Gasteiger charge is -2.35. The van der Waals surface area contributed by atoms with Crippen molar-refractivity contribution in [1.82, 2.24) is 14.9 Å². The molecule has 0 unspecified atom stereocenters. The van der Waals surface area contributed by atoms with Crippen molar-refractivity contribution in [3.63, 3.8) is 0 Å². The molecule has 10 heteroatoms. The topological polar surface area (TPSA) is 58.6 Å². The van der Waals surface area contributed by atoms with Crippen LogP contribution in [0.2, 0.25) is 5.15 Å². The maximum absolute atomic E-state index is 12.7. The Hall–Kier alpha value is -1.77. The van der Waals surface area contributed by atoms with Crippen LogP contribution in [0.25, 0.3) is 0 Å². The highest BCUT2D eigenvalue weighted by atomic mass is 35.5. The summed E-state index contributed by atoms with van der Waals surface area (Å²) in [5.74, 6) is 0.108. The van der Waals surface area contributed by atoms with E-state index in [-0.39, 0.29) is 5.95 Å². The Kier molecular flexibility index (Phi) is 5.12. The lowest BCUT2D eigenvalue weighted by Crippen LogP contribution is -2.50. The van der Waals surface area contributed by atoms with Crippen LogP contribution in [0.1, 0.15) is 26.3 Å². The SMILES string of the molecule is CC(C)(C)OC(=O)N1CCN(c2ncc(C(F)(F)F)c(Cl)n2)CC1. The van der Waals surface area contributed by atoms with E-state index in [2.05, 4.69) is 9.97 Å². The van der Waals surface area contributed by atoms with Crippen molar-refractivity contribution in [3.8, 4) is 0 Å². The Bertz CT molecular complexity index is 611. The molecule has 1 aliphatic rings. The number of carbonyl (C=O) groups is 1. The van der Waals surface area contributed by atoms with E-state index in [0.29, 0.717) is 32.4 Å². The molecule has 0 atom stereocenters. The van der Waals surface area contributed by atoms with Crippen LogP contribution in [0.5, 0.6) is 0 Å². The summed E-state index contributed by atoms with van der Waals surface area (Å²) in [6, 6.07) is 0. The van der Waals surface area contributed by atoms with Crippen molar-refractivity contribution >= 4 is 23.6 Å². The molecule has 1 aromatic rings. The standard InChI is InChI=1S/C14H18ClF3N4O2/c1-13(2,3)24-12(23)22-6-4-21(5-7-22)11-19-8-9(10(15)20-11)14(16,17)18/h8H,4-7H2,1-3H3. The van der Waals surface area contributed by atoms with Gasteiger partial charge in [0.15, 0.2) is 0 Å². The summed E-state index contributed by atoms with van der Waals surface area (Å²) in [5, 5.41) is -0.637. The first-order valence-electron chi connectivity index (χ1n) is 7.30. The molecule has 2 rings (SSSR count). The van der Waals surface area contributed by atoms with E-state index in [1.807, 2.05) is 0 Å². The van der Waals surface area contributed by atoms with Gasteiger partial charge in [0.05, 0.1) is 0 Å². The molecular formula is C14H18ClF3N4O2. The van der Waals surface area contributed by atoms with Gasteiger partial charge < -0.3 is 14.5 Å². The second-order valence-electron chi connectivity index (χ2n) is 6.33. The number of alkyl halides is 3. The molecule has 0 spiro atoms. The second kappa shape index (κ2) is 6.62. The number of ether oxygens (including phenoxy) is 1. The van der Waals surface area contributed by atoms with Crippen LogP contribution in [0.3, 0.4) is 0 Å². The molecule has 1 amide bonds. The molecule has 0 bridgehead atoms. The molecule has 0 aromatic carbocycles. The number of aromatic nitrogens is 2. The Morgan fingerprint density at radius 3 is 2.25 bits per heavy atom. The first kappa shape index (κ1) is 18.6. The van der Waals surface area contributed by atoms with Crippen LogP contribution in [0.4, 0.5) is 23.9 Å². The molecule has 0 N–H and O–H groups in total. The summed E-state index contributed by atoms with van der Waals surface area (Å²) in [5.41, 5.74) is -1.65. The molecule has 1 aromatic heterocycles. The number of halogens is 4. The van der Waals surface area contributed by atoms with Crippen LogP contribution < -0.4 is 4.90 Å². The molecule has 1 aliphatic heterocycles. The van der Waals surface area contributed by atoms with Crippen molar-refractivity contribution in [2.24, 2.45) is 0 Å². The van der Waals surface area contributed by atoms with Gasteiger partial charge in [-0.05, 0) is 20.8 Å². The Balaban J connectivity index is 2.00. The third-order valence-electron chi connectivity index (χ3n) is 3.25. The van der Waals surface area contributed by atoms with E-state index in [4.69, 9.17) is 16.3 Å². The zero-order valence-corrected chi connectivity index (χ0v) is 14.3. The van der Waals surface area contributed by atoms with Crippen LogP contribution in [-0.2, 0) is 10.9 Å². The third-order valence-corrected chi connectivity index (χ3v) is 3.54. The molecule has 134 valence electrons. The molecule has 0 saturated carbocycles. The van der Waals surface area contributed by atoms with Crippen LogP contribution >= 0.6 is 11.6 Å². The highest BCUT2D eigenvalue weighted by Crippen LogP contribution is 2.33. The van der Waals surface area contributed by atoms with E-state index < -0.39 is 28.6 Å². The van der Waals surface area contributed by atoms with E-state index >= 15 is 0 Å². The number of hydrogen-bond donors (Lipinski definition) is 0. The lowest BCUT2D eigenvalue weighted by molar-refractivity contribution is -0.138. The molecule has 0 aliphatic carbocycles. The quantitative estimate of drug-likeness (QED) is 0.714. The van der Waals surface area contributed by atoms with E-state index in [1.165, 1.54) is 4.90 Å². The van der Waals surface area contributed by atoms with Gasteiger partial charge in [-0.15, -0.1) is 0 Å². The van der Waals surface area contributed by atoms with E-state index in [9.17, 15) is 18.0 Å². The molecule has 1 saturated heterocycles. The van der Waals surface area contributed by atoms with Crippen LogP contribution in [0.15, 0.2) is 6.20 Å². The highest BCUT2D eigenvalue weighted by molar-refractivity contribution is 6.30. The minimum atomic E-state index is -4.59. The molecule has 24 heavy (non-hydrogen) atoms. The van der Waals surface area contributed by atoms with Gasteiger partial charge in [0, 0.05) is 32.4 Å². The fourth-order valence-corrected chi connectivity index (χ4v) is 2.34. The molecule has 2 heterocycles. The summed E-state index contributed by atoms with van der Waals surface area (Å²) in [6.45, 7) is 6.80. The van der Waals surface area contributed by atoms with E-state index in [0.717, 1.165) is 0 Å². The van der Waals surface area contributed by atoms with Crippen LogP contribution in [-0.4, -0.2) is 52.7 Å². The average molecular weight is 367 g/mol. The fourth-order valence-electron chi connectivity index (χ4n) is 2.11. The largest absolute Gasteiger partial charge is 0.444 e. The van der Waals surface area contributed by atoms with Crippen molar-refractivity contribution in [3.05, 3.63) is 16.9 Å². The number of amides is 1. The van der Waals surface area contributed by atoms with E-state index in [1.54, 1.807) is 25.7 Å². The van der Waals surface area contributed by atoms with Crippen molar-refractivity contribution in [2.75, 3.05) is 31.1 Å². The predicted molar refractivity (Wildman–Crippen MR) is 82.1 cm³/mol. The van der Waals surface area contributed by atoms with Crippen LogP contribution in [0, 0.1) is 0 Å². The van der Waals surface area contributed by atoms with Gasteiger partial charge in [0.1, 0.15) is 16.3 Å². The number of hydrogen-bond acceptors (Lipinski definition) is 5. The minimum absolute atomic E-state index is 0.108. The van der Waals surface area contributed by atoms with Crippen molar-refractivity contribution < 1.29 is 22.7 Å². The average Bonchev–Trinajstić information content (AvgIpc) is 2.44. The van der Waals surface area contributed by atoms with Gasteiger partial charge in [-0.25, -0.2) is 14.8 Å². The second-order valence-corrected chi connectivity index (χ2v) is 6.68. The molecule has 6 nitrogen and oxygen atoms in total. The first-order valence-corrected chi connectivity index (χ1v) is 7.68. The van der Waals surface area contributed by atoms with Gasteiger partial charge in [0.25, 0.3) is 0 Å². The molecule has 1 fully saturated rings. The molecule has 0 radical (unpaired) electrons. The fraction of sp³-hybridized carbons (Fsp3) is 0.643. The first-order chi connectivity index (χ1) is 11.0. The van der Waals surface area contributed by atoms with Gasteiger partial charge in [-0.1, -0.05) is 11.6 Å². The number of rotatable bonds is 1. The number of anilines is 1. The van der Waals surface area contributed by atoms with Crippen molar-refractivity contribution in [2.45, 2.75) is 32.5 Å². The van der Waals surface area contributed by atoms with Gasteiger partial charge >= 0.3 is 12.3 Å². The summed E-state index contributed by atoms with van der Waals surface area (Å²) >= 11 is 5.60. The Morgan fingerprint density at radius 1 is 1.21 bits per heavy atom. The summed E-state index contributed by atoms with van der Waals surface area (Å²) < 4.78 is 43.3. The monoisotopic (exact) mass is 366 g/mol. The number of piperazine rings is 1. The highest BCUT2D eigenvalue weighted by Gasteiger charge is 2.35. The van der Waals surface area contributed by atoms with Gasteiger partial charge in [-0.3, -0.25) is 0 Å². The Morgan fingerprint density at radius 2 is 1.79 bits per heavy atom. The summed E-state index contributed by atoms with van der Waals surface area (Å²) in [6.07, 6.45) is -4.34. The van der Waals surface area contributed by atoms with Gasteiger partial charge in [0.2, 0.25) is 5.95 Å². The predicted octanol–water partition coefficient (Wildman–Crippen LogP) is 3.21. The normalized spacial score (nSPS) is 16.3. The Labute approximate surface area is 142 Å². The third kappa shape index (κ3) is 4.62. The molecular weight excluding hydrogens is 349 g/mol. The maximum Gasteiger partial charge on any atom is 0.420 e. The van der Waals surface area contributed by atoms with Gasteiger partial charge in [-0.2, -0.15) is 13.2 Å². The minimum Gasteiger partial charge on any atom is -0.444 e. The summed E-state index contributed by atoms with van der Waals surface area (Å²) in [7, 11) is 0. The summed E-state index contributed by atoms with van der Waals surface area (Å²) in [4.78, 5) is 22.6. The zero-order chi connectivity index (χ0) is 18.1.